The van der Waals surface area contributed by atoms with Crippen molar-refractivity contribution in [3.8, 4) is 0 Å². The third-order valence-corrected chi connectivity index (χ3v) is 1.86. The molecule has 0 heterocycles. The first-order chi connectivity index (χ1) is 7.49. The molecule has 0 spiro atoms. The molecule has 16 heavy (non-hydrogen) atoms. The smallest absolute Gasteiger partial charge is 0.320 e. The predicted octanol–water partition coefficient (Wildman–Crippen LogP) is 0.565. The number of carbonyl (C=O) groups excluding carboxylic acids is 1. The second-order valence-corrected chi connectivity index (χ2v) is 3.20. The number of para-hydroxylation sites is 1. The normalized spacial score (nSPS) is 10.9. The summed E-state index contributed by atoms with van der Waals surface area (Å²) in [6.07, 6.45) is 0.369. The molecule has 1 atom stereocenters. The van der Waals surface area contributed by atoms with Crippen molar-refractivity contribution in [3.63, 3.8) is 0 Å². The molecule has 1 aromatic carbocycles. The highest BCUT2D eigenvalue weighted by Crippen LogP contribution is 2.06. The first-order valence-electron chi connectivity index (χ1n) is 4.72. The number of benzene rings is 1. The van der Waals surface area contributed by atoms with Crippen molar-refractivity contribution in [1.82, 2.24) is 0 Å². The second kappa shape index (κ2) is 7.42. The minimum absolute atomic E-state index is 0.116. The third kappa shape index (κ3) is 5.77. The highest BCUT2D eigenvalue weighted by molar-refractivity contribution is 5.76. The first kappa shape index (κ1) is 14.1. The molecule has 0 saturated heterocycles. The van der Waals surface area contributed by atoms with Gasteiger partial charge in [0.1, 0.15) is 12.3 Å². The van der Waals surface area contributed by atoms with Crippen LogP contribution in [-0.2, 0) is 9.59 Å². The van der Waals surface area contributed by atoms with Crippen molar-refractivity contribution in [1.29, 1.82) is 0 Å². The average molecular weight is 224 g/mol. The Morgan fingerprint density at radius 2 is 2.06 bits per heavy atom. The van der Waals surface area contributed by atoms with E-state index in [1.165, 1.54) is 0 Å². The summed E-state index contributed by atoms with van der Waals surface area (Å²) in [5, 5.41) is 8.03. The van der Waals surface area contributed by atoms with Gasteiger partial charge in [-0.3, -0.25) is 4.79 Å². The van der Waals surface area contributed by atoms with Crippen LogP contribution in [0.1, 0.15) is 12.0 Å². The minimum atomic E-state index is -1.14. The minimum Gasteiger partial charge on any atom is -0.480 e. The first-order valence-corrected chi connectivity index (χ1v) is 4.72. The number of anilines is 1. The van der Waals surface area contributed by atoms with Crippen molar-refractivity contribution >= 4 is 17.9 Å². The molecule has 5 nitrogen and oxygen atoms in total. The molecule has 0 aliphatic carbocycles. The summed E-state index contributed by atoms with van der Waals surface area (Å²) >= 11 is 0. The number of carboxylic acids is 1. The Bertz CT molecular complexity index is 332. The Labute approximate surface area is 94.1 Å². The largest absolute Gasteiger partial charge is 0.480 e. The number of hydrogen-bond acceptors (Lipinski definition) is 4. The van der Waals surface area contributed by atoms with Crippen LogP contribution in [0.2, 0.25) is 0 Å². The molecule has 1 aromatic rings. The van der Waals surface area contributed by atoms with Crippen LogP contribution in [0.5, 0.6) is 0 Å². The van der Waals surface area contributed by atoms with Gasteiger partial charge in [0, 0.05) is 12.1 Å². The van der Waals surface area contributed by atoms with E-state index in [0.29, 0.717) is 6.29 Å². The summed E-state index contributed by atoms with van der Waals surface area (Å²) in [6, 6.07) is 6.77. The van der Waals surface area contributed by atoms with Gasteiger partial charge in [-0.15, -0.1) is 0 Å². The molecule has 0 amide bonds. The van der Waals surface area contributed by atoms with Gasteiger partial charge in [0.15, 0.2) is 0 Å². The van der Waals surface area contributed by atoms with Crippen molar-refractivity contribution in [3.05, 3.63) is 29.8 Å². The lowest BCUT2D eigenvalue weighted by molar-refractivity contribution is -0.139. The number of aliphatic carboxylic acids is 1. The third-order valence-electron chi connectivity index (χ3n) is 1.86. The van der Waals surface area contributed by atoms with Gasteiger partial charge in [-0.05, 0) is 18.6 Å². The Morgan fingerprint density at radius 3 is 2.31 bits per heavy atom. The van der Waals surface area contributed by atoms with E-state index in [4.69, 9.17) is 16.6 Å². The molecule has 1 rings (SSSR count). The molecule has 0 radical (unpaired) electrons. The van der Waals surface area contributed by atoms with Crippen LogP contribution < -0.4 is 11.5 Å². The standard InChI is InChI=1S/C7H9N.C4H7NO3/c1-6-4-2-3-5-7(6)8;5-3(1-2-6)4(7)8/h2-5H,8H2,1H3;2-3H,1,5H2,(H,7,8). The average Bonchev–Trinajstić information content (AvgIpc) is 2.24. The lowest BCUT2D eigenvalue weighted by Gasteiger charge is -1.96. The SMILES string of the molecule is Cc1ccccc1N.NC(CC=O)C(=O)O. The van der Waals surface area contributed by atoms with Crippen LogP contribution in [0.15, 0.2) is 24.3 Å². The Kier molecular flexibility index (Phi) is 6.55. The molecule has 0 aromatic heterocycles. The Morgan fingerprint density at radius 1 is 1.50 bits per heavy atom. The van der Waals surface area contributed by atoms with Crippen LogP contribution in [0.25, 0.3) is 0 Å². The number of hydrogen-bond donors (Lipinski definition) is 3. The molecule has 1 unspecified atom stereocenters. The molecule has 0 saturated carbocycles. The number of aldehydes is 1. The fourth-order valence-corrected chi connectivity index (χ4v) is 0.791. The maximum absolute atomic E-state index is 9.81. The molecule has 5 N–H and O–H groups in total. The monoisotopic (exact) mass is 224 g/mol. The highest BCUT2D eigenvalue weighted by Gasteiger charge is 2.08. The fourth-order valence-electron chi connectivity index (χ4n) is 0.791. The summed E-state index contributed by atoms with van der Waals surface area (Å²) < 4.78 is 0. The van der Waals surface area contributed by atoms with Gasteiger partial charge in [-0.25, -0.2) is 0 Å². The van der Waals surface area contributed by atoms with Gasteiger partial charge >= 0.3 is 5.97 Å². The summed E-state index contributed by atoms with van der Waals surface area (Å²) in [5.41, 5.74) is 12.4. The molecule has 0 fully saturated rings. The second-order valence-electron chi connectivity index (χ2n) is 3.20. The zero-order valence-electron chi connectivity index (χ0n) is 9.09. The van der Waals surface area contributed by atoms with Gasteiger partial charge in [-0.1, -0.05) is 18.2 Å². The van der Waals surface area contributed by atoms with Gasteiger partial charge in [0.25, 0.3) is 0 Å². The molecular formula is C11H16N2O3. The van der Waals surface area contributed by atoms with E-state index in [1.807, 2.05) is 31.2 Å². The van der Waals surface area contributed by atoms with Crippen LogP contribution in [0, 0.1) is 6.92 Å². The number of rotatable bonds is 3. The van der Waals surface area contributed by atoms with E-state index in [9.17, 15) is 9.59 Å². The van der Waals surface area contributed by atoms with E-state index in [1.54, 1.807) is 0 Å². The fraction of sp³-hybridized carbons (Fsp3) is 0.273. The van der Waals surface area contributed by atoms with Crippen molar-refractivity contribution in [2.24, 2.45) is 5.73 Å². The molecule has 88 valence electrons. The Balaban J connectivity index is 0.000000281. The summed E-state index contributed by atoms with van der Waals surface area (Å²) in [6.45, 7) is 2.00. The molecule has 0 aliphatic heterocycles. The van der Waals surface area contributed by atoms with E-state index < -0.39 is 12.0 Å². The van der Waals surface area contributed by atoms with Gasteiger partial charge < -0.3 is 21.4 Å². The number of aryl methyl sites for hydroxylation is 1. The van der Waals surface area contributed by atoms with E-state index in [0.717, 1.165) is 11.3 Å². The van der Waals surface area contributed by atoms with Crippen molar-refractivity contribution in [2.75, 3.05) is 5.73 Å². The van der Waals surface area contributed by atoms with Crippen LogP contribution in [-0.4, -0.2) is 23.4 Å². The lowest BCUT2D eigenvalue weighted by atomic mass is 10.2. The molecule has 0 bridgehead atoms. The summed E-state index contributed by atoms with van der Waals surface area (Å²) in [4.78, 5) is 19.4. The number of nitrogens with two attached hydrogens (primary N) is 2. The van der Waals surface area contributed by atoms with Gasteiger partial charge in [-0.2, -0.15) is 0 Å². The molecule has 0 aliphatic rings. The number of carbonyl (C=O) groups is 2. The molecule has 5 heteroatoms. The maximum atomic E-state index is 9.81. The molecular weight excluding hydrogens is 208 g/mol. The van der Waals surface area contributed by atoms with E-state index in [2.05, 4.69) is 0 Å². The van der Waals surface area contributed by atoms with Gasteiger partial charge in [0.2, 0.25) is 0 Å². The lowest BCUT2D eigenvalue weighted by Crippen LogP contribution is -2.30. The van der Waals surface area contributed by atoms with E-state index >= 15 is 0 Å². The Hall–Kier alpha value is -1.88. The van der Waals surface area contributed by atoms with Crippen molar-refractivity contribution in [2.45, 2.75) is 19.4 Å². The van der Waals surface area contributed by atoms with E-state index in [-0.39, 0.29) is 6.42 Å². The maximum Gasteiger partial charge on any atom is 0.320 e. The highest BCUT2D eigenvalue weighted by atomic mass is 16.4. The summed E-state index contributed by atoms with van der Waals surface area (Å²) in [7, 11) is 0. The predicted molar refractivity (Wildman–Crippen MR) is 61.9 cm³/mol. The topological polar surface area (TPSA) is 106 Å². The zero-order chi connectivity index (χ0) is 12.6. The quantitative estimate of drug-likeness (QED) is 0.514. The van der Waals surface area contributed by atoms with Crippen LogP contribution >= 0.6 is 0 Å². The zero-order valence-corrected chi connectivity index (χ0v) is 9.09. The number of carboxylic acid groups (broad SMARTS) is 1. The van der Waals surface area contributed by atoms with Crippen LogP contribution in [0.4, 0.5) is 5.69 Å². The van der Waals surface area contributed by atoms with Crippen LogP contribution in [0.3, 0.4) is 0 Å². The van der Waals surface area contributed by atoms with Gasteiger partial charge in [0.05, 0.1) is 0 Å². The number of nitrogen functional groups attached to an aromatic ring is 1. The summed E-state index contributed by atoms with van der Waals surface area (Å²) in [5.74, 6) is -1.14. The van der Waals surface area contributed by atoms with Crippen molar-refractivity contribution < 1.29 is 14.7 Å².